The molecule has 0 aliphatic heterocycles. The summed E-state index contributed by atoms with van der Waals surface area (Å²) >= 11 is 0. The van der Waals surface area contributed by atoms with E-state index in [0.717, 1.165) is 11.1 Å². The fourth-order valence-corrected chi connectivity index (χ4v) is 1.37. The molecule has 0 aromatic heterocycles. The van der Waals surface area contributed by atoms with Crippen molar-refractivity contribution in [1.29, 1.82) is 0 Å². The summed E-state index contributed by atoms with van der Waals surface area (Å²) in [6, 6.07) is 9.56. The summed E-state index contributed by atoms with van der Waals surface area (Å²) < 4.78 is 0. The SMILES string of the molecule is C=C/C=C(\C=C)CNC(=O)NCc1ccccc1. The van der Waals surface area contributed by atoms with Crippen LogP contribution < -0.4 is 10.6 Å². The second-order valence-electron chi connectivity index (χ2n) is 3.70. The summed E-state index contributed by atoms with van der Waals surface area (Å²) in [6.07, 6.45) is 5.17. The van der Waals surface area contributed by atoms with Gasteiger partial charge in [-0.1, -0.05) is 61.7 Å². The standard InChI is InChI=1S/C15H18N2O/c1-3-8-13(4-2)11-16-15(18)17-12-14-9-6-5-7-10-14/h3-10H,1-2,11-12H2,(H2,16,17,18)/b13-8+. The van der Waals surface area contributed by atoms with Crippen LogP contribution in [0.25, 0.3) is 0 Å². The summed E-state index contributed by atoms with van der Waals surface area (Å²) in [5.41, 5.74) is 1.98. The van der Waals surface area contributed by atoms with Gasteiger partial charge in [-0.3, -0.25) is 0 Å². The minimum absolute atomic E-state index is 0.198. The van der Waals surface area contributed by atoms with Crippen molar-refractivity contribution in [3.63, 3.8) is 0 Å². The Morgan fingerprint density at radius 2 is 1.89 bits per heavy atom. The van der Waals surface area contributed by atoms with Gasteiger partial charge in [0.05, 0.1) is 0 Å². The zero-order valence-electron chi connectivity index (χ0n) is 10.4. The van der Waals surface area contributed by atoms with E-state index in [1.807, 2.05) is 36.4 Å². The van der Waals surface area contributed by atoms with E-state index in [9.17, 15) is 4.79 Å². The molecule has 94 valence electrons. The number of hydrogen-bond donors (Lipinski definition) is 2. The zero-order valence-corrected chi connectivity index (χ0v) is 10.4. The van der Waals surface area contributed by atoms with Gasteiger partial charge in [0.25, 0.3) is 0 Å². The molecule has 0 saturated carbocycles. The zero-order chi connectivity index (χ0) is 13.2. The molecule has 0 radical (unpaired) electrons. The number of urea groups is 1. The highest BCUT2D eigenvalue weighted by Gasteiger charge is 2.00. The Morgan fingerprint density at radius 3 is 2.50 bits per heavy atom. The van der Waals surface area contributed by atoms with Crippen molar-refractivity contribution >= 4 is 6.03 Å². The second kappa shape index (κ2) is 7.90. The van der Waals surface area contributed by atoms with Crippen molar-refractivity contribution in [2.45, 2.75) is 6.54 Å². The quantitative estimate of drug-likeness (QED) is 0.740. The molecule has 0 atom stereocenters. The fraction of sp³-hybridized carbons (Fsp3) is 0.133. The van der Waals surface area contributed by atoms with Gasteiger partial charge < -0.3 is 10.6 Å². The molecule has 18 heavy (non-hydrogen) atoms. The molecule has 2 N–H and O–H groups in total. The number of carbonyl (C=O) groups excluding carboxylic acids is 1. The fourth-order valence-electron chi connectivity index (χ4n) is 1.37. The van der Waals surface area contributed by atoms with Crippen LogP contribution in [0.4, 0.5) is 4.79 Å². The van der Waals surface area contributed by atoms with Gasteiger partial charge in [0.2, 0.25) is 0 Å². The largest absolute Gasteiger partial charge is 0.334 e. The highest BCUT2D eigenvalue weighted by molar-refractivity contribution is 5.74. The first-order chi connectivity index (χ1) is 8.76. The molecule has 0 saturated heterocycles. The van der Waals surface area contributed by atoms with Gasteiger partial charge in [-0.15, -0.1) is 0 Å². The van der Waals surface area contributed by atoms with Crippen LogP contribution in [0.3, 0.4) is 0 Å². The number of benzene rings is 1. The van der Waals surface area contributed by atoms with Gasteiger partial charge in [-0.25, -0.2) is 4.79 Å². The van der Waals surface area contributed by atoms with Gasteiger partial charge in [0.15, 0.2) is 0 Å². The molecule has 1 rings (SSSR count). The number of allylic oxidation sites excluding steroid dienone is 2. The van der Waals surface area contributed by atoms with Crippen LogP contribution in [0.5, 0.6) is 0 Å². The van der Waals surface area contributed by atoms with Crippen molar-refractivity contribution in [1.82, 2.24) is 10.6 Å². The van der Waals surface area contributed by atoms with Crippen LogP contribution in [0.1, 0.15) is 5.56 Å². The molecule has 1 aromatic carbocycles. The minimum atomic E-state index is -0.198. The molecule has 3 heteroatoms. The Bertz CT molecular complexity index is 435. The molecule has 0 fully saturated rings. The molecule has 3 nitrogen and oxygen atoms in total. The second-order valence-corrected chi connectivity index (χ2v) is 3.70. The molecule has 0 unspecified atom stereocenters. The molecule has 1 aromatic rings. The average Bonchev–Trinajstić information content (AvgIpc) is 2.42. The van der Waals surface area contributed by atoms with Crippen molar-refractivity contribution in [3.05, 3.63) is 72.9 Å². The van der Waals surface area contributed by atoms with Crippen LogP contribution in [-0.2, 0) is 6.54 Å². The maximum absolute atomic E-state index is 11.5. The first kappa shape index (κ1) is 13.8. The van der Waals surface area contributed by atoms with Crippen molar-refractivity contribution in [2.24, 2.45) is 0 Å². The Hall–Kier alpha value is -2.29. The summed E-state index contributed by atoms with van der Waals surface area (Å²) in [7, 11) is 0. The number of carbonyl (C=O) groups is 1. The minimum Gasteiger partial charge on any atom is -0.334 e. The van der Waals surface area contributed by atoms with E-state index >= 15 is 0 Å². The highest BCUT2D eigenvalue weighted by atomic mass is 16.2. The molecule has 0 aliphatic carbocycles. The molecular weight excluding hydrogens is 224 g/mol. The topological polar surface area (TPSA) is 41.1 Å². The summed E-state index contributed by atoms with van der Waals surface area (Å²) in [5, 5.41) is 5.53. The molecule has 0 heterocycles. The monoisotopic (exact) mass is 242 g/mol. The van der Waals surface area contributed by atoms with Crippen LogP contribution in [-0.4, -0.2) is 12.6 Å². The highest BCUT2D eigenvalue weighted by Crippen LogP contribution is 1.97. The third-order valence-electron chi connectivity index (χ3n) is 2.34. The predicted molar refractivity (Wildman–Crippen MR) is 75.2 cm³/mol. The van der Waals surface area contributed by atoms with Gasteiger partial charge in [0, 0.05) is 13.1 Å². The first-order valence-corrected chi connectivity index (χ1v) is 5.76. The maximum Gasteiger partial charge on any atom is 0.315 e. The van der Waals surface area contributed by atoms with Crippen LogP contribution >= 0.6 is 0 Å². The van der Waals surface area contributed by atoms with Gasteiger partial charge >= 0.3 is 6.03 Å². The third kappa shape index (κ3) is 5.16. The number of hydrogen-bond acceptors (Lipinski definition) is 1. The van der Waals surface area contributed by atoms with Crippen molar-refractivity contribution < 1.29 is 4.79 Å². The molecule has 0 spiro atoms. The molecule has 2 amide bonds. The first-order valence-electron chi connectivity index (χ1n) is 5.76. The normalized spacial score (nSPS) is 10.6. The lowest BCUT2D eigenvalue weighted by Gasteiger charge is -2.08. The predicted octanol–water partition coefficient (Wildman–Crippen LogP) is 2.78. The van der Waals surface area contributed by atoms with Crippen LogP contribution in [0, 0.1) is 0 Å². The van der Waals surface area contributed by atoms with E-state index in [2.05, 4.69) is 23.8 Å². The molecular formula is C15H18N2O. The lowest BCUT2D eigenvalue weighted by Crippen LogP contribution is -2.35. The number of nitrogens with one attached hydrogen (secondary N) is 2. The van der Waals surface area contributed by atoms with Gasteiger partial charge in [-0.2, -0.15) is 0 Å². The van der Waals surface area contributed by atoms with Crippen LogP contribution in [0.15, 0.2) is 67.3 Å². The Morgan fingerprint density at radius 1 is 1.17 bits per heavy atom. The van der Waals surface area contributed by atoms with E-state index in [1.54, 1.807) is 12.2 Å². The van der Waals surface area contributed by atoms with Crippen LogP contribution in [0.2, 0.25) is 0 Å². The molecule has 0 bridgehead atoms. The van der Waals surface area contributed by atoms with E-state index in [-0.39, 0.29) is 6.03 Å². The van der Waals surface area contributed by atoms with Gasteiger partial charge in [0.1, 0.15) is 0 Å². The number of amides is 2. The number of rotatable bonds is 6. The van der Waals surface area contributed by atoms with E-state index in [4.69, 9.17) is 0 Å². The van der Waals surface area contributed by atoms with E-state index in [1.165, 1.54) is 0 Å². The Labute approximate surface area is 108 Å². The Balaban J connectivity index is 2.32. The lowest BCUT2D eigenvalue weighted by atomic mass is 10.2. The average molecular weight is 242 g/mol. The third-order valence-corrected chi connectivity index (χ3v) is 2.34. The smallest absolute Gasteiger partial charge is 0.315 e. The summed E-state index contributed by atoms with van der Waals surface area (Å²) in [5.74, 6) is 0. The Kier molecular flexibility index (Phi) is 6.04. The maximum atomic E-state index is 11.5. The lowest BCUT2D eigenvalue weighted by molar-refractivity contribution is 0.241. The van der Waals surface area contributed by atoms with E-state index < -0.39 is 0 Å². The van der Waals surface area contributed by atoms with Crippen molar-refractivity contribution in [2.75, 3.05) is 6.54 Å². The summed E-state index contributed by atoms with van der Waals surface area (Å²) in [4.78, 5) is 11.5. The van der Waals surface area contributed by atoms with Gasteiger partial charge in [-0.05, 0) is 11.1 Å². The summed E-state index contributed by atoms with van der Waals surface area (Å²) in [6.45, 7) is 8.22. The molecule has 0 aliphatic rings. The van der Waals surface area contributed by atoms with E-state index in [0.29, 0.717) is 13.1 Å². The van der Waals surface area contributed by atoms with Crippen molar-refractivity contribution in [3.8, 4) is 0 Å².